The maximum absolute atomic E-state index is 11.4. The van der Waals surface area contributed by atoms with Crippen LogP contribution in [0, 0.1) is 34.5 Å². The van der Waals surface area contributed by atoms with Gasteiger partial charge in [-0.15, -0.1) is 0 Å². The lowest BCUT2D eigenvalue weighted by Crippen LogP contribution is -2.68. The van der Waals surface area contributed by atoms with E-state index in [1.807, 2.05) is 6.92 Å². The SMILES string of the molecule is CC(C)[C@@H]1CC=C[C@H]2[C@@H]3[C@](C)(O)[C@H](O)C[C@H](Br)[C@@]3(C)CC[C@]12CBr. The van der Waals surface area contributed by atoms with Crippen LogP contribution in [0.1, 0.15) is 53.4 Å². The first-order chi connectivity index (χ1) is 11.1. The lowest BCUT2D eigenvalue weighted by atomic mass is 9.42. The number of allylic oxidation sites excluding steroid dienone is 2. The second-order valence-corrected chi connectivity index (χ2v) is 11.0. The molecule has 0 aromatic heterocycles. The zero-order valence-electron chi connectivity index (χ0n) is 15.3. The molecular formula is C20H32Br2O2. The molecule has 0 amide bonds. The van der Waals surface area contributed by atoms with Crippen LogP contribution in [0.4, 0.5) is 0 Å². The first-order valence-electron chi connectivity index (χ1n) is 9.38. The monoisotopic (exact) mass is 462 g/mol. The average Bonchev–Trinajstić information content (AvgIpc) is 2.52. The summed E-state index contributed by atoms with van der Waals surface area (Å²) < 4.78 is 0. The lowest BCUT2D eigenvalue weighted by molar-refractivity contribution is -0.214. The summed E-state index contributed by atoms with van der Waals surface area (Å²) in [5.74, 6) is 1.63. The lowest BCUT2D eigenvalue weighted by Gasteiger charge is -2.66. The minimum absolute atomic E-state index is 0.0161. The number of aliphatic hydroxyl groups excluding tert-OH is 1. The molecule has 2 fully saturated rings. The van der Waals surface area contributed by atoms with Crippen LogP contribution in [0.5, 0.6) is 0 Å². The van der Waals surface area contributed by atoms with Crippen molar-refractivity contribution < 1.29 is 10.2 Å². The zero-order valence-corrected chi connectivity index (χ0v) is 18.5. The highest BCUT2D eigenvalue weighted by Gasteiger charge is 2.66. The Bertz CT molecular complexity index is 518. The fraction of sp³-hybridized carbons (Fsp3) is 0.900. The van der Waals surface area contributed by atoms with Gasteiger partial charge in [0.05, 0.1) is 11.7 Å². The van der Waals surface area contributed by atoms with Gasteiger partial charge >= 0.3 is 0 Å². The summed E-state index contributed by atoms with van der Waals surface area (Å²) in [7, 11) is 0. The predicted molar refractivity (Wildman–Crippen MR) is 107 cm³/mol. The summed E-state index contributed by atoms with van der Waals surface area (Å²) >= 11 is 7.74. The van der Waals surface area contributed by atoms with Crippen molar-refractivity contribution in [3.63, 3.8) is 0 Å². The molecule has 0 aromatic carbocycles. The Morgan fingerprint density at radius 1 is 1.25 bits per heavy atom. The van der Waals surface area contributed by atoms with Gasteiger partial charge in [-0.05, 0) is 61.2 Å². The third-order valence-electron chi connectivity index (χ3n) is 7.84. The number of rotatable bonds is 2. The van der Waals surface area contributed by atoms with Crippen LogP contribution in [0.15, 0.2) is 12.2 Å². The van der Waals surface area contributed by atoms with Gasteiger partial charge in [0, 0.05) is 16.1 Å². The van der Waals surface area contributed by atoms with E-state index in [2.05, 4.69) is 64.8 Å². The third-order valence-corrected chi connectivity index (χ3v) is 10.3. The Morgan fingerprint density at radius 3 is 2.50 bits per heavy atom. The van der Waals surface area contributed by atoms with E-state index in [9.17, 15) is 10.2 Å². The van der Waals surface area contributed by atoms with Crippen LogP contribution in [0.3, 0.4) is 0 Å². The molecule has 0 bridgehead atoms. The highest BCUT2D eigenvalue weighted by atomic mass is 79.9. The van der Waals surface area contributed by atoms with E-state index in [4.69, 9.17) is 0 Å². The van der Waals surface area contributed by atoms with Crippen LogP contribution >= 0.6 is 31.9 Å². The first kappa shape index (κ1) is 19.4. The smallest absolute Gasteiger partial charge is 0.0917 e. The number of hydrogen-bond donors (Lipinski definition) is 2. The van der Waals surface area contributed by atoms with Gasteiger partial charge in [-0.3, -0.25) is 0 Å². The van der Waals surface area contributed by atoms with E-state index in [-0.39, 0.29) is 21.6 Å². The summed E-state index contributed by atoms with van der Waals surface area (Å²) in [6.45, 7) is 8.86. The van der Waals surface area contributed by atoms with Gasteiger partial charge in [-0.2, -0.15) is 0 Å². The van der Waals surface area contributed by atoms with E-state index in [0.717, 1.165) is 18.2 Å². The maximum Gasteiger partial charge on any atom is 0.0917 e. The zero-order chi connectivity index (χ0) is 17.9. The summed E-state index contributed by atoms with van der Waals surface area (Å²) in [4.78, 5) is 0.256. The number of fused-ring (bicyclic) bond motifs is 3. The van der Waals surface area contributed by atoms with E-state index < -0.39 is 11.7 Å². The number of hydrogen-bond acceptors (Lipinski definition) is 2. The van der Waals surface area contributed by atoms with Crippen molar-refractivity contribution >= 4 is 31.9 Å². The van der Waals surface area contributed by atoms with Crippen molar-refractivity contribution in [2.24, 2.45) is 34.5 Å². The molecule has 3 aliphatic carbocycles. The van der Waals surface area contributed by atoms with Gasteiger partial charge in [0.2, 0.25) is 0 Å². The van der Waals surface area contributed by atoms with Crippen LogP contribution in [-0.4, -0.2) is 32.1 Å². The average molecular weight is 464 g/mol. The highest BCUT2D eigenvalue weighted by molar-refractivity contribution is 9.09. The van der Waals surface area contributed by atoms with Crippen LogP contribution in [0.25, 0.3) is 0 Å². The normalized spacial score (nSPS) is 54.5. The molecule has 0 aliphatic heterocycles. The standard InChI is InChI=1S/C20H32Br2O2/c1-12(2)13-6-5-7-14-17-18(3,8-9-20(13,14)11-21)15(22)10-16(23)19(17,4)24/h5,7,12-17,23-24H,6,8-11H2,1-4H3/t13-,14-,15-,16+,17-,18+,19+,20-/m0/s1. The van der Waals surface area contributed by atoms with Gasteiger partial charge in [0.15, 0.2) is 0 Å². The highest BCUT2D eigenvalue weighted by Crippen LogP contribution is 2.67. The van der Waals surface area contributed by atoms with Crippen molar-refractivity contribution in [1.82, 2.24) is 0 Å². The summed E-state index contributed by atoms with van der Waals surface area (Å²) in [6.07, 6.45) is 8.10. The minimum Gasteiger partial charge on any atom is -0.390 e. The van der Waals surface area contributed by atoms with E-state index in [0.29, 0.717) is 24.2 Å². The third kappa shape index (κ3) is 2.53. The predicted octanol–water partition coefficient (Wildman–Crippen LogP) is 4.91. The second-order valence-electron chi connectivity index (χ2n) is 9.34. The van der Waals surface area contributed by atoms with E-state index in [1.165, 1.54) is 6.42 Å². The van der Waals surface area contributed by atoms with Gasteiger partial charge in [-0.1, -0.05) is 64.8 Å². The Balaban J connectivity index is 2.13. The quantitative estimate of drug-likeness (QED) is 0.451. The molecule has 138 valence electrons. The van der Waals surface area contributed by atoms with Gasteiger partial charge in [0.25, 0.3) is 0 Å². The number of halogens is 2. The molecule has 0 heterocycles. The summed E-state index contributed by atoms with van der Waals surface area (Å²) in [5.41, 5.74) is -0.843. The molecule has 24 heavy (non-hydrogen) atoms. The topological polar surface area (TPSA) is 40.5 Å². The van der Waals surface area contributed by atoms with Crippen molar-refractivity contribution in [1.29, 1.82) is 0 Å². The number of aliphatic hydroxyl groups is 2. The minimum atomic E-state index is -1.04. The molecule has 0 saturated heterocycles. The van der Waals surface area contributed by atoms with Crippen molar-refractivity contribution in [3.05, 3.63) is 12.2 Å². The fourth-order valence-electron chi connectivity index (χ4n) is 6.39. The second kappa shape index (κ2) is 6.35. The largest absolute Gasteiger partial charge is 0.390 e. The number of alkyl halides is 2. The van der Waals surface area contributed by atoms with Crippen molar-refractivity contribution in [3.8, 4) is 0 Å². The maximum atomic E-state index is 11.4. The molecule has 0 aromatic rings. The first-order valence-corrected chi connectivity index (χ1v) is 11.4. The van der Waals surface area contributed by atoms with Crippen LogP contribution < -0.4 is 0 Å². The Morgan fingerprint density at radius 2 is 1.92 bits per heavy atom. The van der Waals surface area contributed by atoms with Crippen molar-refractivity contribution in [2.75, 3.05) is 5.33 Å². The van der Waals surface area contributed by atoms with Gasteiger partial charge in [0.1, 0.15) is 0 Å². The van der Waals surface area contributed by atoms with Crippen molar-refractivity contribution in [2.45, 2.75) is 69.9 Å². The molecule has 3 aliphatic rings. The molecule has 3 rings (SSSR count). The molecule has 2 N–H and O–H groups in total. The van der Waals surface area contributed by atoms with Gasteiger partial charge in [-0.25, -0.2) is 0 Å². The van der Waals surface area contributed by atoms with Gasteiger partial charge < -0.3 is 10.2 Å². The van der Waals surface area contributed by atoms with Crippen LogP contribution in [-0.2, 0) is 0 Å². The Hall–Kier alpha value is 0.620. The molecule has 2 saturated carbocycles. The summed E-state index contributed by atoms with van der Waals surface area (Å²) in [6, 6.07) is 0. The molecular weight excluding hydrogens is 432 g/mol. The summed E-state index contributed by atoms with van der Waals surface area (Å²) in [5, 5.41) is 23.0. The molecule has 4 heteroatoms. The molecule has 8 atom stereocenters. The van der Waals surface area contributed by atoms with E-state index in [1.54, 1.807) is 0 Å². The van der Waals surface area contributed by atoms with Crippen LogP contribution in [0.2, 0.25) is 0 Å². The Kier molecular flexibility index (Phi) is 5.13. The Labute approximate surface area is 163 Å². The fourth-order valence-corrected chi connectivity index (χ4v) is 8.33. The molecule has 2 nitrogen and oxygen atoms in total. The molecule has 0 unspecified atom stereocenters. The molecule has 0 spiro atoms. The van der Waals surface area contributed by atoms with E-state index >= 15 is 0 Å². The molecule has 0 radical (unpaired) electrons.